The van der Waals surface area contributed by atoms with E-state index in [2.05, 4.69) is 26.6 Å². The lowest BCUT2D eigenvalue weighted by Crippen LogP contribution is -2.58. The van der Waals surface area contributed by atoms with Gasteiger partial charge in [-0.15, -0.1) is 0 Å². The molecule has 1 heterocycles. The maximum absolute atomic E-state index is 13.7. The molecule has 0 radical (unpaired) electrons. The number of carboxylic acid groups (broad SMARTS) is 3. The molecule has 340 valence electrons. The van der Waals surface area contributed by atoms with Gasteiger partial charge < -0.3 is 41.7 Å². The summed E-state index contributed by atoms with van der Waals surface area (Å²) >= 11 is 1.44. The molecule has 1 fully saturated rings. The highest BCUT2D eigenvalue weighted by molar-refractivity contribution is 7.99. The second kappa shape index (κ2) is 29.1. The molecule has 3 amide bonds. The number of aliphatic hydroxyl groups excluding tert-OH is 1. The van der Waals surface area contributed by atoms with Crippen LogP contribution < -0.4 is 26.6 Å². The van der Waals surface area contributed by atoms with Crippen LogP contribution in [0.2, 0.25) is 0 Å². The molecule has 0 saturated carbocycles. The predicted molar refractivity (Wildman–Crippen MR) is 220 cm³/mol. The van der Waals surface area contributed by atoms with E-state index >= 15 is 0 Å². The summed E-state index contributed by atoms with van der Waals surface area (Å²) in [4.78, 5) is 129. The van der Waals surface area contributed by atoms with Crippen molar-refractivity contribution in [3.05, 3.63) is 0 Å². The molecule has 60 heavy (non-hydrogen) atoms. The van der Waals surface area contributed by atoms with Gasteiger partial charge in [-0.05, 0) is 50.8 Å². The van der Waals surface area contributed by atoms with Crippen molar-refractivity contribution in [2.24, 2.45) is 17.8 Å². The maximum Gasteiger partial charge on any atom is 0.304 e. The number of rotatable bonds is 16. The van der Waals surface area contributed by atoms with E-state index in [1.165, 1.54) is 11.8 Å². The molecule has 1 rings (SSSR count). The van der Waals surface area contributed by atoms with Crippen molar-refractivity contribution in [2.45, 2.75) is 141 Å². The molecule has 0 spiro atoms. The third-order valence-electron chi connectivity index (χ3n) is 10.4. The van der Waals surface area contributed by atoms with Crippen LogP contribution in [-0.2, 0) is 47.9 Å². The molecule has 3 unspecified atom stereocenters. The second-order valence-corrected chi connectivity index (χ2v) is 16.5. The monoisotopic (exact) mass is 871 g/mol. The number of amides is 3. The number of carboxylic acids is 3. The average molecular weight is 872 g/mol. The first-order valence-corrected chi connectivity index (χ1v) is 21.8. The molecule has 1 aliphatic rings. The van der Waals surface area contributed by atoms with Crippen LogP contribution in [0.25, 0.3) is 0 Å². The minimum absolute atomic E-state index is 0.0830. The zero-order valence-corrected chi connectivity index (χ0v) is 35.9. The molecule has 1 aliphatic heterocycles. The number of unbranched alkanes of at least 4 members (excludes halogenated alkanes) is 1. The molecule has 0 aliphatic carbocycles. The lowest BCUT2D eigenvalue weighted by Gasteiger charge is -2.26. The van der Waals surface area contributed by atoms with Crippen molar-refractivity contribution < 1.29 is 68.4 Å². The minimum Gasteiger partial charge on any atom is -0.481 e. The Bertz CT molecular complexity index is 1490. The first kappa shape index (κ1) is 53.7. The van der Waals surface area contributed by atoms with Gasteiger partial charge in [-0.1, -0.05) is 40.0 Å². The summed E-state index contributed by atoms with van der Waals surface area (Å²) in [6, 6.07) is -5.22. The first-order chi connectivity index (χ1) is 28.3. The number of nitrogens with one attached hydrogen (secondary N) is 5. The number of ketones is 4. The third-order valence-corrected chi connectivity index (χ3v) is 11.4. The Morgan fingerprint density at radius 1 is 0.717 bits per heavy atom. The Labute approximate surface area is 355 Å². The molecule has 1 saturated heterocycles. The summed E-state index contributed by atoms with van der Waals surface area (Å²) in [6.07, 6.45) is -1.83. The van der Waals surface area contributed by atoms with Gasteiger partial charge in [0.05, 0.1) is 43.7 Å². The number of hydrogen-bond acceptors (Lipinski definition) is 14. The zero-order valence-electron chi connectivity index (χ0n) is 35.1. The lowest BCUT2D eigenvalue weighted by atomic mass is 9.88. The van der Waals surface area contributed by atoms with E-state index in [1.54, 1.807) is 0 Å². The molecule has 0 aromatic carbocycles. The fraction of sp³-hybridized carbons (Fsp3) is 0.750. The van der Waals surface area contributed by atoms with Crippen LogP contribution in [0.1, 0.15) is 111 Å². The number of Topliss-reactive ketones (excluding diaryl/α,β-unsaturated/α-hetero) is 4. The second-order valence-electron chi connectivity index (χ2n) is 15.2. The number of carbonyl (C=O) groups is 10. The number of carbonyl (C=O) groups excluding carboxylic acids is 7. The average Bonchev–Trinajstić information content (AvgIpc) is 3.18. The van der Waals surface area contributed by atoms with E-state index < -0.39 is 140 Å². The van der Waals surface area contributed by atoms with Crippen LogP contribution in [0.4, 0.5) is 0 Å². The van der Waals surface area contributed by atoms with Crippen molar-refractivity contribution in [2.75, 3.05) is 31.1 Å². The fourth-order valence-electron chi connectivity index (χ4n) is 6.63. The largest absolute Gasteiger partial charge is 0.481 e. The van der Waals surface area contributed by atoms with Gasteiger partial charge in [-0.2, -0.15) is 11.8 Å². The van der Waals surface area contributed by atoms with Gasteiger partial charge in [0.2, 0.25) is 17.7 Å². The highest BCUT2D eigenvalue weighted by Crippen LogP contribution is 2.22. The molecular weight excluding hydrogens is 807 g/mol. The number of thioether (sulfide) groups is 1. The molecule has 0 bridgehead atoms. The molecule has 8 atom stereocenters. The Morgan fingerprint density at radius 3 is 1.90 bits per heavy atom. The first-order valence-electron chi connectivity index (χ1n) is 20.7. The van der Waals surface area contributed by atoms with Crippen molar-refractivity contribution in [1.29, 1.82) is 0 Å². The smallest absolute Gasteiger partial charge is 0.304 e. The van der Waals surface area contributed by atoms with E-state index in [4.69, 9.17) is 0 Å². The molecule has 19 nitrogen and oxygen atoms in total. The fourth-order valence-corrected chi connectivity index (χ4v) is 7.45. The normalized spacial score (nSPS) is 26.1. The predicted octanol–water partition coefficient (Wildman–Crippen LogP) is 0.626. The van der Waals surface area contributed by atoms with Crippen LogP contribution in [0.3, 0.4) is 0 Å². The summed E-state index contributed by atoms with van der Waals surface area (Å²) in [6.45, 7) is 5.81. The van der Waals surface area contributed by atoms with E-state index in [9.17, 15) is 68.4 Å². The Hall–Kier alpha value is -4.27. The highest BCUT2D eigenvalue weighted by Gasteiger charge is 2.33. The summed E-state index contributed by atoms with van der Waals surface area (Å²) in [7, 11) is 0. The number of aliphatic carboxylic acids is 3. The van der Waals surface area contributed by atoms with Gasteiger partial charge in [0.1, 0.15) is 17.6 Å². The van der Waals surface area contributed by atoms with Crippen LogP contribution >= 0.6 is 11.8 Å². The molecule has 0 aromatic heterocycles. The van der Waals surface area contributed by atoms with Gasteiger partial charge in [-0.25, -0.2) is 0 Å². The highest BCUT2D eigenvalue weighted by atomic mass is 32.2. The molecule has 0 aromatic rings. The van der Waals surface area contributed by atoms with Crippen molar-refractivity contribution in [1.82, 2.24) is 26.6 Å². The minimum atomic E-state index is -1.71. The Kier molecular flexibility index (Phi) is 26.0. The van der Waals surface area contributed by atoms with Crippen molar-refractivity contribution >= 4 is 70.5 Å². The zero-order chi connectivity index (χ0) is 45.4. The van der Waals surface area contributed by atoms with Crippen LogP contribution in [0.5, 0.6) is 0 Å². The lowest BCUT2D eigenvalue weighted by molar-refractivity contribution is -0.141. The van der Waals surface area contributed by atoms with Gasteiger partial charge >= 0.3 is 17.9 Å². The van der Waals surface area contributed by atoms with Crippen molar-refractivity contribution in [3.63, 3.8) is 0 Å². The summed E-state index contributed by atoms with van der Waals surface area (Å²) in [5.41, 5.74) is 0. The van der Waals surface area contributed by atoms with Gasteiger partial charge in [0, 0.05) is 49.7 Å². The topological polar surface area (TPSA) is 312 Å². The molecule has 20 heteroatoms. The number of aliphatic hydroxyl groups is 1. The van der Waals surface area contributed by atoms with Crippen LogP contribution in [0.15, 0.2) is 0 Å². The van der Waals surface area contributed by atoms with Crippen LogP contribution in [0, 0.1) is 17.8 Å². The third kappa shape index (κ3) is 21.3. The van der Waals surface area contributed by atoms with E-state index in [0.29, 0.717) is 43.7 Å². The molecular formula is C40H65N5O14S. The van der Waals surface area contributed by atoms with Crippen LogP contribution in [-0.4, -0.2) is 141 Å². The Morgan fingerprint density at radius 2 is 1.33 bits per heavy atom. The quantitative estimate of drug-likeness (QED) is 0.103. The van der Waals surface area contributed by atoms with Gasteiger partial charge in [0.15, 0.2) is 11.6 Å². The molecule has 9 N–H and O–H groups in total. The van der Waals surface area contributed by atoms with Gasteiger partial charge in [-0.3, -0.25) is 53.3 Å². The number of hydrogen-bond donors (Lipinski definition) is 9. The van der Waals surface area contributed by atoms with E-state index in [-0.39, 0.29) is 31.0 Å². The van der Waals surface area contributed by atoms with E-state index in [1.807, 2.05) is 20.8 Å². The SMILES string of the molecule is CCCCC1NCC(CC)CCC(=O)C(CSCC)CC(=O)[C@H](CCC(=O)O)NC(=O)CNC(=O)[C@H]([C@@H](C)O)NC(=O)[C@H](CCC(=O)O)NCC(=O)[C@H](CC(=O)O)CC1=O. The summed E-state index contributed by atoms with van der Waals surface area (Å²) in [5.74, 6) is -9.94. The summed E-state index contributed by atoms with van der Waals surface area (Å²) < 4.78 is 0. The van der Waals surface area contributed by atoms with Gasteiger partial charge in [0.25, 0.3) is 0 Å². The van der Waals surface area contributed by atoms with Crippen molar-refractivity contribution in [3.8, 4) is 0 Å². The Balaban J connectivity index is 3.63. The maximum atomic E-state index is 13.7. The summed E-state index contributed by atoms with van der Waals surface area (Å²) in [5, 5.41) is 51.6. The van der Waals surface area contributed by atoms with E-state index in [0.717, 1.165) is 13.3 Å². The standard InChI is InChI=1S/C40H65N5O14S/c1-5-8-9-27-31(48)16-25(18-37(56)57)33(50)20-42-29(12-15-36(54)55)39(58)45-38(23(4)46)40(59)43-21-34(51)44-28(11-14-35(52)53)32(49)17-26(22-60-7-3)30(47)13-10-24(6-2)19-41-27/h23-29,38,41-42,46H,5-22H2,1-4H3,(H,43,59)(H,44,51)(H,45,58)(H,52,53)(H,54,55)(H,56,57)/t23-,24?,25+,26?,27?,28+,29+,38+/m1/s1.